The van der Waals surface area contributed by atoms with E-state index in [9.17, 15) is 0 Å². The van der Waals surface area contributed by atoms with Crippen LogP contribution in [0.25, 0.3) is 221 Å². The van der Waals surface area contributed by atoms with E-state index in [2.05, 4.69) is 418 Å². The van der Waals surface area contributed by atoms with Crippen LogP contribution in [0.4, 0.5) is 0 Å². The smallest absolute Gasteiger partial charge is 0.144 e. The monoisotopic (exact) mass is 1490 g/mol. The van der Waals surface area contributed by atoms with Gasteiger partial charge < -0.3 is 17.7 Å². The third-order valence-corrected chi connectivity index (χ3v) is 23.6. The average molecular weight is 1490 g/mol. The largest absolute Gasteiger partial charge is 0.455 e. The summed E-state index contributed by atoms with van der Waals surface area (Å²) in [5.74, 6) is 3.46. The molecule has 4 heteroatoms. The van der Waals surface area contributed by atoms with E-state index in [1.54, 1.807) is 0 Å². The molecule has 4 heterocycles. The van der Waals surface area contributed by atoms with Gasteiger partial charge in [-0.1, -0.05) is 357 Å². The lowest BCUT2D eigenvalue weighted by Crippen LogP contribution is -2.10. The normalized spacial score (nSPS) is 12.1. The van der Waals surface area contributed by atoms with Crippen LogP contribution in [0.1, 0.15) is 52.7 Å². The maximum absolute atomic E-state index is 7.21. The van der Waals surface area contributed by atoms with Gasteiger partial charge in [0.1, 0.15) is 45.4 Å². The molecule has 0 aliphatic rings. The third-order valence-electron chi connectivity index (χ3n) is 23.6. The van der Waals surface area contributed by atoms with Gasteiger partial charge in [-0.3, -0.25) is 0 Å². The standard InChI is InChI=1S/C58H36O2.C54H44O2/c1-5-17-37(18-6-1)43-29-31-51-49(35-43)53(39-21-9-3-10-22-39)57(59-51)55-45-27-15-16-28-46(45)56(48-34-42-26-14-13-25-41(42)33-47(48)55)58-54(40-23-11-4-12-24-40)50-36-44(30-32-52(50)60-58)38-19-7-2-8-20-38;1-53(2,3)37-25-27-41-45(31-37)55-51(47(41)33-17-9-7-10-18-33)49-39-23-15-16-24-40(39)50(44-30-36-22-14-13-21-35(36)29-43(44)49)52-48(34-19-11-8-12-20-34)42-28-26-38(54(4,5)6)32-46(42)56-52/h1-36H;7-32H,1-6H3. The van der Waals surface area contributed by atoms with Crippen molar-refractivity contribution in [2.75, 3.05) is 0 Å². The summed E-state index contributed by atoms with van der Waals surface area (Å²) in [4.78, 5) is 0. The van der Waals surface area contributed by atoms with Gasteiger partial charge in [-0.2, -0.15) is 0 Å². The Morgan fingerprint density at radius 3 is 0.672 bits per heavy atom. The van der Waals surface area contributed by atoms with Crippen molar-refractivity contribution in [3.05, 3.63) is 387 Å². The van der Waals surface area contributed by atoms with Gasteiger partial charge in [0.25, 0.3) is 0 Å². The quantitative estimate of drug-likeness (QED) is 0.128. The fourth-order valence-corrected chi connectivity index (χ4v) is 17.9. The topological polar surface area (TPSA) is 52.6 Å². The van der Waals surface area contributed by atoms with Crippen LogP contribution in [0.5, 0.6) is 0 Å². The molecular weight excluding hydrogens is 1410 g/mol. The van der Waals surface area contributed by atoms with Gasteiger partial charge in [0.2, 0.25) is 0 Å². The number of rotatable bonds is 10. The first kappa shape index (κ1) is 69.6. The Balaban J connectivity index is 0.000000145. The van der Waals surface area contributed by atoms with E-state index in [0.717, 1.165) is 199 Å². The Morgan fingerprint density at radius 1 is 0.155 bits per heavy atom. The molecule has 0 saturated carbocycles. The zero-order valence-corrected chi connectivity index (χ0v) is 65.4. The second-order valence-corrected chi connectivity index (χ2v) is 32.8. The summed E-state index contributed by atoms with van der Waals surface area (Å²) in [5.41, 5.74) is 23.7. The van der Waals surface area contributed by atoms with Crippen molar-refractivity contribution in [2.45, 2.75) is 52.4 Å². The van der Waals surface area contributed by atoms with Crippen LogP contribution in [-0.4, -0.2) is 0 Å². The molecule has 22 rings (SSSR count). The zero-order chi connectivity index (χ0) is 77.9. The van der Waals surface area contributed by atoms with Crippen molar-refractivity contribution in [3.63, 3.8) is 0 Å². The minimum absolute atomic E-state index is 0.0231. The first-order chi connectivity index (χ1) is 56.8. The van der Waals surface area contributed by atoms with Crippen molar-refractivity contribution >= 4 is 109 Å². The molecule has 4 nitrogen and oxygen atoms in total. The fraction of sp³-hybridized carbons (Fsp3) is 0.0714. The highest BCUT2D eigenvalue weighted by molar-refractivity contribution is 6.28. The van der Waals surface area contributed by atoms with Crippen molar-refractivity contribution < 1.29 is 17.7 Å². The molecule has 0 unspecified atom stereocenters. The van der Waals surface area contributed by atoms with Crippen molar-refractivity contribution in [1.82, 2.24) is 0 Å². The lowest BCUT2D eigenvalue weighted by molar-refractivity contribution is 0.585. The molecule has 0 saturated heterocycles. The van der Waals surface area contributed by atoms with Crippen LogP contribution in [0.15, 0.2) is 394 Å². The second kappa shape index (κ2) is 27.8. The highest BCUT2D eigenvalue weighted by atomic mass is 16.3. The molecule has 0 N–H and O–H groups in total. The number of furan rings is 4. The molecule has 18 aromatic carbocycles. The molecule has 0 amide bonds. The van der Waals surface area contributed by atoms with Gasteiger partial charge in [0.15, 0.2) is 0 Å². The van der Waals surface area contributed by atoms with Gasteiger partial charge in [-0.05, 0) is 192 Å². The van der Waals surface area contributed by atoms with Crippen molar-refractivity contribution in [2.24, 2.45) is 0 Å². The van der Waals surface area contributed by atoms with Crippen LogP contribution >= 0.6 is 0 Å². The predicted octanol–water partition coefficient (Wildman–Crippen LogP) is 32.5. The predicted molar refractivity (Wildman–Crippen MR) is 489 cm³/mol. The molecule has 0 atom stereocenters. The first-order valence-corrected chi connectivity index (χ1v) is 40.2. The van der Waals surface area contributed by atoms with Crippen LogP contribution in [0, 0.1) is 0 Å². The second-order valence-electron chi connectivity index (χ2n) is 32.8. The van der Waals surface area contributed by atoms with E-state index in [1.165, 1.54) is 33.0 Å². The molecule has 0 bridgehead atoms. The van der Waals surface area contributed by atoms with Crippen LogP contribution < -0.4 is 0 Å². The summed E-state index contributed by atoms with van der Waals surface area (Å²) in [6.45, 7) is 13.5. The Labute approximate surface area is 673 Å². The van der Waals surface area contributed by atoms with E-state index in [-0.39, 0.29) is 10.8 Å². The molecule has 0 radical (unpaired) electrons. The van der Waals surface area contributed by atoms with E-state index in [1.807, 2.05) is 0 Å². The van der Waals surface area contributed by atoms with Gasteiger partial charge in [-0.25, -0.2) is 0 Å². The van der Waals surface area contributed by atoms with Crippen molar-refractivity contribution in [3.8, 4) is 112 Å². The maximum atomic E-state index is 7.21. The molecular formula is C112H80O4. The van der Waals surface area contributed by atoms with Gasteiger partial charge in [-0.15, -0.1) is 0 Å². The highest BCUT2D eigenvalue weighted by Crippen LogP contribution is 2.56. The summed E-state index contributed by atoms with van der Waals surface area (Å²) < 4.78 is 28.8. The van der Waals surface area contributed by atoms with E-state index in [0.29, 0.717) is 0 Å². The molecule has 0 fully saturated rings. The van der Waals surface area contributed by atoms with Gasteiger partial charge in [0, 0.05) is 66.1 Å². The summed E-state index contributed by atoms with van der Waals surface area (Å²) >= 11 is 0. The molecule has 0 aliphatic carbocycles. The molecule has 0 spiro atoms. The summed E-state index contributed by atoms with van der Waals surface area (Å²) in [7, 11) is 0. The van der Waals surface area contributed by atoms with Crippen LogP contribution in [0.2, 0.25) is 0 Å². The van der Waals surface area contributed by atoms with E-state index >= 15 is 0 Å². The molecule has 0 aliphatic heterocycles. The Kier molecular flexibility index (Phi) is 16.7. The number of fused-ring (bicyclic) bond motifs is 10. The lowest BCUT2D eigenvalue weighted by atomic mass is 9.84. The summed E-state index contributed by atoms with van der Waals surface area (Å²) in [6, 6.07) is 135. The van der Waals surface area contributed by atoms with E-state index < -0.39 is 0 Å². The summed E-state index contributed by atoms with van der Waals surface area (Å²) in [5, 5.41) is 18.0. The van der Waals surface area contributed by atoms with Gasteiger partial charge >= 0.3 is 0 Å². The van der Waals surface area contributed by atoms with E-state index in [4.69, 9.17) is 17.7 Å². The summed E-state index contributed by atoms with van der Waals surface area (Å²) in [6.07, 6.45) is 0. The molecule has 4 aromatic heterocycles. The minimum atomic E-state index is -0.0231. The lowest BCUT2D eigenvalue weighted by Gasteiger charge is -2.18. The van der Waals surface area contributed by atoms with Crippen LogP contribution in [0.3, 0.4) is 0 Å². The Bertz CT molecular complexity index is 7140. The SMILES string of the molecule is CC(C)(C)c1ccc2c(-c3ccccc3)c(-c3c4ccccc4c(-c4oc5cc(C(C)(C)C)ccc5c4-c4ccccc4)c4cc5ccccc5cc34)oc2c1.c1ccc(-c2ccc3oc(-c4c5ccccc5c(-c5oc6ccc(-c7ccccc7)cc6c5-c5ccccc5)c5cc6ccccc6cc45)c(-c4ccccc4)c3c2)cc1. The van der Waals surface area contributed by atoms with Gasteiger partial charge in [0.05, 0.1) is 0 Å². The Hall–Kier alpha value is -14.3. The number of hydrogen-bond donors (Lipinski definition) is 0. The molecule has 552 valence electrons. The third kappa shape index (κ3) is 11.9. The first-order valence-electron chi connectivity index (χ1n) is 40.2. The average Bonchev–Trinajstić information content (AvgIpc) is 1.37. The molecule has 116 heavy (non-hydrogen) atoms. The van der Waals surface area contributed by atoms with Crippen LogP contribution in [-0.2, 0) is 10.8 Å². The maximum Gasteiger partial charge on any atom is 0.144 e. The van der Waals surface area contributed by atoms with Crippen molar-refractivity contribution in [1.29, 1.82) is 0 Å². The minimum Gasteiger partial charge on any atom is -0.455 e. The highest BCUT2D eigenvalue weighted by Gasteiger charge is 2.32. The number of hydrogen-bond acceptors (Lipinski definition) is 4. The zero-order valence-electron chi connectivity index (χ0n) is 65.4. The fourth-order valence-electron chi connectivity index (χ4n) is 17.9. The molecule has 22 aromatic rings. The number of benzene rings is 18. The Morgan fingerprint density at radius 2 is 0.397 bits per heavy atom.